The first kappa shape index (κ1) is 17.9. The van der Waals surface area contributed by atoms with Crippen molar-refractivity contribution in [3.05, 3.63) is 35.9 Å². The largest absolute Gasteiger partial charge is 0.409 e. The van der Waals surface area contributed by atoms with Gasteiger partial charge in [-0.05, 0) is 32.8 Å². The van der Waals surface area contributed by atoms with Crippen molar-refractivity contribution in [1.29, 1.82) is 0 Å². The average Bonchev–Trinajstić information content (AvgIpc) is 2.46. The summed E-state index contributed by atoms with van der Waals surface area (Å²) in [5.41, 5.74) is 1.16. The molecule has 0 aliphatic heterocycles. The van der Waals surface area contributed by atoms with Crippen LogP contribution in [-0.2, 0) is 20.0 Å². The minimum Gasteiger partial charge on any atom is -0.297 e. The van der Waals surface area contributed by atoms with Gasteiger partial charge in [0, 0.05) is 6.04 Å². The van der Waals surface area contributed by atoms with Gasteiger partial charge in [0.15, 0.2) is 0 Å². The van der Waals surface area contributed by atoms with Crippen LogP contribution in [0.4, 0.5) is 0 Å². The van der Waals surface area contributed by atoms with Crippen molar-refractivity contribution in [3.63, 3.8) is 0 Å². The summed E-state index contributed by atoms with van der Waals surface area (Å²) in [6, 6.07) is 9.97. The van der Waals surface area contributed by atoms with Crippen LogP contribution < -0.4 is 0 Å². The number of benzene rings is 1. The van der Waals surface area contributed by atoms with Crippen LogP contribution in [0.15, 0.2) is 30.3 Å². The lowest BCUT2D eigenvalue weighted by molar-refractivity contribution is 0.158. The molecule has 5 heteroatoms. The molecular formula is C16H24NO3P. The molecule has 0 N–H and O–H groups in total. The highest BCUT2D eigenvalue weighted by Gasteiger charge is 2.36. The smallest absolute Gasteiger partial charge is 0.297 e. The molecular weight excluding hydrogens is 285 g/mol. The van der Waals surface area contributed by atoms with Crippen LogP contribution in [0.5, 0.6) is 0 Å². The van der Waals surface area contributed by atoms with Gasteiger partial charge in [-0.15, -0.1) is 6.42 Å². The Morgan fingerprint density at radius 1 is 1.24 bits per heavy atom. The molecule has 21 heavy (non-hydrogen) atoms. The Kier molecular flexibility index (Phi) is 7.71. The zero-order valence-electron chi connectivity index (χ0n) is 13.0. The first-order chi connectivity index (χ1) is 10.1. The average molecular weight is 309 g/mol. The molecule has 0 fully saturated rings. The standard InChI is InChI=1S/C16H24NO3P/c1-5-13-17(21(18,19-6-2)20-7-3)15(4)14-16-11-9-8-10-12-16/h1,8-12,15H,6-7,13-14H2,2-4H3. The van der Waals surface area contributed by atoms with Crippen molar-refractivity contribution >= 4 is 7.75 Å². The molecule has 0 saturated heterocycles. The fourth-order valence-corrected chi connectivity index (χ4v) is 3.99. The summed E-state index contributed by atoms with van der Waals surface area (Å²) in [5, 5.41) is 0. The van der Waals surface area contributed by atoms with Gasteiger partial charge < -0.3 is 0 Å². The van der Waals surface area contributed by atoms with Gasteiger partial charge in [-0.3, -0.25) is 9.05 Å². The minimum atomic E-state index is -3.35. The number of hydrogen-bond acceptors (Lipinski definition) is 3. The van der Waals surface area contributed by atoms with Crippen molar-refractivity contribution in [1.82, 2.24) is 4.67 Å². The fraction of sp³-hybridized carbons (Fsp3) is 0.500. The van der Waals surface area contributed by atoms with E-state index in [2.05, 4.69) is 5.92 Å². The van der Waals surface area contributed by atoms with Crippen LogP contribution in [0, 0.1) is 12.3 Å². The van der Waals surface area contributed by atoms with Crippen LogP contribution in [0.25, 0.3) is 0 Å². The van der Waals surface area contributed by atoms with Gasteiger partial charge >= 0.3 is 7.75 Å². The highest BCUT2D eigenvalue weighted by atomic mass is 31.2. The number of rotatable bonds is 9. The predicted molar refractivity (Wildman–Crippen MR) is 86.0 cm³/mol. The van der Waals surface area contributed by atoms with E-state index < -0.39 is 7.75 Å². The van der Waals surface area contributed by atoms with Crippen LogP contribution in [0.3, 0.4) is 0 Å². The molecule has 0 saturated carbocycles. The van der Waals surface area contributed by atoms with E-state index in [1.54, 1.807) is 18.5 Å². The second kappa shape index (κ2) is 9.02. The van der Waals surface area contributed by atoms with Gasteiger partial charge in [-0.25, -0.2) is 4.57 Å². The number of nitrogens with zero attached hydrogens (tertiary/aromatic N) is 1. The lowest BCUT2D eigenvalue weighted by Crippen LogP contribution is -2.34. The van der Waals surface area contributed by atoms with Crippen molar-refractivity contribution in [2.75, 3.05) is 19.8 Å². The number of hydrogen-bond donors (Lipinski definition) is 0. The van der Waals surface area contributed by atoms with E-state index in [0.717, 1.165) is 12.0 Å². The topological polar surface area (TPSA) is 38.8 Å². The summed E-state index contributed by atoms with van der Waals surface area (Å²) in [7, 11) is -3.35. The molecule has 1 atom stereocenters. The SMILES string of the molecule is C#CCN(C(C)Cc1ccccc1)P(=O)(OCC)OCC. The maximum absolute atomic E-state index is 12.9. The van der Waals surface area contributed by atoms with Crippen molar-refractivity contribution < 1.29 is 13.6 Å². The summed E-state index contributed by atoms with van der Waals surface area (Å²) in [6.45, 7) is 6.43. The Bertz CT molecular complexity index is 488. The van der Waals surface area contributed by atoms with Crippen molar-refractivity contribution in [3.8, 4) is 12.3 Å². The number of terminal acetylenes is 1. The molecule has 0 aromatic heterocycles. The third-order valence-electron chi connectivity index (χ3n) is 3.04. The molecule has 1 unspecified atom stereocenters. The molecule has 0 heterocycles. The summed E-state index contributed by atoms with van der Waals surface area (Å²) in [5.74, 6) is 2.55. The van der Waals surface area contributed by atoms with E-state index in [1.807, 2.05) is 37.3 Å². The van der Waals surface area contributed by atoms with E-state index in [-0.39, 0.29) is 12.6 Å². The summed E-state index contributed by atoms with van der Waals surface area (Å²) < 4.78 is 25.4. The lowest BCUT2D eigenvalue weighted by atomic mass is 10.1. The lowest BCUT2D eigenvalue weighted by Gasteiger charge is -2.33. The maximum Gasteiger partial charge on any atom is 0.409 e. The second-order valence-electron chi connectivity index (χ2n) is 4.64. The normalized spacial score (nSPS) is 13.1. The minimum absolute atomic E-state index is 0.0487. The van der Waals surface area contributed by atoms with Gasteiger partial charge in [-0.1, -0.05) is 36.3 Å². The Hall–Kier alpha value is -1.11. The molecule has 0 aliphatic rings. The summed E-state index contributed by atoms with van der Waals surface area (Å²) >= 11 is 0. The van der Waals surface area contributed by atoms with Gasteiger partial charge in [0.05, 0.1) is 19.8 Å². The zero-order valence-corrected chi connectivity index (χ0v) is 13.9. The first-order valence-corrected chi connectivity index (χ1v) is 8.70. The fourth-order valence-electron chi connectivity index (χ4n) is 2.15. The van der Waals surface area contributed by atoms with E-state index in [1.165, 1.54) is 0 Å². The summed E-state index contributed by atoms with van der Waals surface area (Å²) in [6.07, 6.45) is 6.15. The molecule has 1 rings (SSSR count). The molecule has 0 radical (unpaired) electrons. The third-order valence-corrected chi connectivity index (χ3v) is 5.37. The van der Waals surface area contributed by atoms with E-state index in [0.29, 0.717) is 13.2 Å². The van der Waals surface area contributed by atoms with E-state index >= 15 is 0 Å². The molecule has 0 amide bonds. The molecule has 1 aromatic carbocycles. The van der Waals surface area contributed by atoms with Gasteiger partial charge in [0.1, 0.15) is 0 Å². The zero-order chi connectivity index (χ0) is 15.7. The molecule has 0 bridgehead atoms. The first-order valence-electron chi connectivity index (χ1n) is 7.21. The van der Waals surface area contributed by atoms with Crippen LogP contribution in [-0.4, -0.2) is 30.5 Å². The highest BCUT2D eigenvalue weighted by Crippen LogP contribution is 2.53. The second-order valence-corrected chi connectivity index (χ2v) is 6.61. The Labute approximate surface area is 128 Å². The molecule has 0 aliphatic carbocycles. The van der Waals surface area contributed by atoms with Crippen molar-refractivity contribution in [2.24, 2.45) is 0 Å². The Balaban J connectivity index is 2.93. The predicted octanol–water partition coefficient (Wildman–Crippen LogP) is 3.73. The van der Waals surface area contributed by atoms with Crippen LogP contribution in [0.1, 0.15) is 26.3 Å². The van der Waals surface area contributed by atoms with Gasteiger partial charge in [0.25, 0.3) is 0 Å². The van der Waals surface area contributed by atoms with E-state index in [9.17, 15) is 4.57 Å². The maximum atomic E-state index is 12.9. The molecule has 116 valence electrons. The molecule has 0 spiro atoms. The van der Waals surface area contributed by atoms with E-state index in [4.69, 9.17) is 15.5 Å². The van der Waals surface area contributed by atoms with Crippen LogP contribution >= 0.6 is 7.75 Å². The molecule has 1 aromatic rings. The van der Waals surface area contributed by atoms with Crippen molar-refractivity contribution in [2.45, 2.75) is 33.2 Å². The monoisotopic (exact) mass is 309 g/mol. The quantitative estimate of drug-likeness (QED) is 0.514. The third kappa shape index (κ3) is 5.30. The Morgan fingerprint density at radius 2 is 1.81 bits per heavy atom. The van der Waals surface area contributed by atoms with Crippen LogP contribution in [0.2, 0.25) is 0 Å². The molecule has 4 nitrogen and oxygen atoms in total. The summed E-state index contributed by atoms with van der Waals surface area (Å²) in [4.78, 5) is 0. The Morgan fingerprint density at radius 3 is 2.29 bits per heavy atom. The highest BCUT2D eigenvalue weighted by molar-refractivity contribution is 7.51. The van der Waals surface area contributed by atoms with Gasteiger partial charge in [0.2, 0.25) is 0 Å². The van der Waals surface area contributed by atoms with Gasteiger partial charge in [-0.2, -0.15) is 4.67 Å².